The fraction of sp³-hybridized carbons (Fsp3) is 0.600. The van der Waals surface area contributed by atoms with Gasteiger partial charge in [0.2, 0.25) is 0 Å². The smallest absolute Gasteiger partial charge is 0.0499 e. The van der Waals surface area contributed by atoms with Crippen molar-refractivity contribution in [2.75, 3.05) is 13.6 Å². The molecule has 1 aromatic carbocycles. The van der Waals surface area contributed by atoms with Gasteiger partial charge in [0.1, 0.15) is 0 Å². The number of nitrogens with zero attached hydrogens (tertiary/aromatic N) is 1. The highest BCUT2D eigenvalue weighted by Gasteiger charge is 2.27. The maximum Gasteiger partial charge on any atom is 0.0499 e. The Bertz CT molecular complexity index is 350. The van der Waals surface area contributed by atoms with Crippen molar-refractivity contribution in [1.29, 1.82) is 0 Å². The molecule has 1 heterocycles. The van der Waals surface area contributed by atoms with E-state index in [4.69, 9.17) is 5.73 Å². The Kier molecular flexibility index (Phi) is 4.19. The lowest BCUT2D eigenvalue weighted by Gasteiger charge is -2.32. The van der Waals surface area contributed by atoms with E-state index in [9.17, 15) is 0 Å². The van der Waals surface area contributed by atoms with E-state index in [2.05, 4.69) is 43.1 Å². The molecule has 1 saturated heterocycles. The molecule has 2 nitrogen and oxygen atoms in total. The Hall–Kier alpha value is -0.860. The Morgan fingerprint density at radius 1 is 1.29 bits per heavy atom. The van der Waals surface area contributed by atoms with Gasteiger partial charge in [-0.1, -0.05) is 37.6 Å². The Morgan fingerprint density at radius 2 is 2.06 bits per heavy atom. The van der Waals surface area contributed by atoms with Gasteiger partial charge in [-0.05, 0) is 44.0 Å². The fourth-order valence-electron chi connectivity index (χ4n) is 2.98. The summed E-state index contributed by atoms with van der Waals surface area (Å²) in [6, 6.07) is 9.43. The first-order chi connectivity index (χ1) is 8.24. The van der Waals surface area contributed by atoms with Crippen LogP contribution in [0.1, 0.15) is 43.4 Å². The molecular formula is C15H24N2. The molecule has 0 aromatic heterocycles. The van der Waals surface area contributed by atoms with Gasteiger partial charge in [-0.15, -0.1) is 0 Å². The minimum Gasteiger partial charge on any atom is -0.326 e. The van der Waals surface area contributed by atoms with Gasteiger partial charge in [0.25, 0.3) is 0 Å². The summed E-state index contributed by atoms with van der Waals surface area (Å²) in [7, 11) is 2.21. The minimum atomic E-state index is 0.273. The van der Waals surface area contributed by atoms with Crippen LogP contribution in [0.3, 0.4) is 0 Å². The van der Waals surface area contributed by atoms with E-state index in [1.165, 1.54) is 24.0 Å². The largest absolute Gasteiger partial charge is 0.326 e. The van der Waals surface area contributed by atoms with Crippen LogP contribution in [0.15, 0.2) is 24.3 Å². The number of hydrogen-bond donors (Lipinski definition) is 1. The maximum atomic E-state index is 6.38. The SMILES string of the molecule is CCc1ccccc1C1C(N)CCCCN1C. The van der Waals surface area contributed by atoms with E-state index in [0.717, 1.165) is 19.4 Å². The topological polar surface area (TPSA) is 29.3 Å². The first kappa shape index (κ1) is 12.6. The molecular weight excluding hydrogens is 208 g/mol. The first-order valence-corrected chi connectivity index (χ1v) is 6.77. The second-order valence-corrected chi connectivity index (χ2v) is 5.14. The zero-order valence-electron chi connectivity index (χ0n) is 11.0. The van der Waals surface area contributed by atoms with Crippen molar-refractivity contribution >= 4 is 0 Å². The van der Waals surface area contributed by atoms with Crippen LogP contribution >= 0.6 is 0 Å². The molecule has 0 saturated carbocycles. The normalized spacial score (nSPS) is 26.8. The lowest BCUT2D eigenvalue weighted by molar-refractivity contribution is 0.229. The van der Waals surface area contributed by atoms with Gasteiger partial charge in [-0.25, -0.2) is 0 Å². The van der Waals surface area contributed by atoms with Gasteiger partial charge < -0.3 is 5.73 Å². The molecule has 1 aliphatic rings. The summed E-state index contributed by atoms with van der Waals surface area (Å²) in [4.78, 5) is 2.44. The molecule has 2 N–H and O–H groups in total. The van der Waals surface area contributed by atoms with Crippen molar-refractivity contribution in [3.63, 3.8) is 0 Å². The number of rotatable bonds is 2. The van der Waals surface area contributed by atoms with E-state index in [0.29, 0.717) is 6.04 Å². The number of likely N-dealkylation sites (N-methyl/N-ethyl adjacent to an activating group) is 1. The average Bonchev–Trinajstić information content (AvgIpc) is 2.51. The molecule has 2 atom stereocenters. The summed E-state index contributed by atoms with van der Waals surface area (Å²) in [5, 5.41) is 0. The van der Waals surface area contributed by atoms with Crippen molar-refractivity contribution in [3.05, 3.63) is 35.4 Å². The highest BCUT2D eigenvalue weighted by atomic mass is 15.1. The van der Waals surface area contributed by atoms with Crippen molar-refractivity contribution in [1.82, 2.24) is 4.90 Å². The number of nitrogens with two attached hydrogens (primary N) is 1. The lowest BCUT2D eigenvalue weighted by Crippen LogP contribution is -2.38. The molecule has 1 fully saturated rings. The van der Waals surface area contributed by atoms with Crippen LogP contribution in [-0.2, 0) is 6.42 Å². The van der Waals surface area contributed by atoms with Gasteiger partial charge in [-0.3, -0.25) is 4.90 Å². The molecule has 0 radical (unpaired) electrons. The van der Waals surface area contributed by atoms with E-state index in [1.807, 2.05) is 0 Å². The van der Waals surface area contributed by atoms with E-state index in [-0.39, 0.29) is 6.04 Å². The Balaban J connectivity index is 2.34. The zero-order chi connectivity index (χ0) is 12.3. The van der Waals surface area contributed by atoms with Crippen molar-refractivity contribution in [2.45, 2.75) is 44.7 Å². The number of hydrogen-bond acceptors (Lipinski definition) is 2. The molecule has 0 aliphatic carbocycles. The summed E-state index contributed by atoms with van der Waals surface area (Å²) in [5.41, 5.74) is 9.27. The summed E-state index contributed by atoms with van der Waals surface area (Å²) in [6.45, 7) is 3.39. The van der Waals surface area contributed by atoms with Crippen LogP contribution in [0.2, 0.25) is 0 Å². The minimum absolute atomic E-state index is 0.273. The van der Waals surface area contributed by atoms with E-state index in [1.54, 1.807) is 0 Å². The molecule has 1 aliphatic heterocycles. The van der Waals surface area contributed by atoms with Crippen LogP contribution in [-0.4, -0.2) is 24.5 Å². The molecule has 1 aromatic rings. The maximum absolute atomic E-state index is 6.38. The van der Waals surface area contributed by atoms with Gasteiger partial charge in [0.15, 0.2) is 0 Å². The monoisotopic (exact) mass is 232 g/mol. The number of aryl methyl sites for hydroxylation is 1. The second kappa shape index (κ2) is 5.65. The summed E-state index contributed by atoms with van der Waals surface area (Å²) >= 11 is 0. The molecule has 0 amide bonds. The van der Waals surface area contributed by atoms with Crippen molar-refractivity contribution in [2.24, 2.45) is 5.73 Å². The summed E-state index contributed by atoms with van der Waals surface area (Å²) in [6.07, 6.45) is 4.77. The highest BCUT2D eigenvalue weighted by molar-refractivity contribution is 5.31. The van der Waals surface area contributed by atoms with Crippen molar-refractivity contribution < 1.29 is 0 Å². The highest BCUT2D eigenvalue weighted by Crippen LogP contribution is 2.30. The van der Waals surface area contributed by atoms with Crippen LogP contribution in [0.25, 0.3) is 0 Å². The first-order valence-electron chi connectivity index (χ1n) is 6.77. The third-order valence-corrected chi connectivity index (χ3v) is 3.93. The quantitative estimate of drug-likeness (QED) is 0.849. The molecule has 2 heteroatoms. The molecule has 17 heavy (non-hydrogen) atoms. The van der Waals surface area contributed by atoms with Crippen LogP contribution in [0.4, 0.5) is 0 Å². The third-order valence-electron chi connectivity index (χ3n) is 3.93. The van der Waals surface area contributed by atoms with Crippen molar-refractivity contribution in [3.8, 4) is 0 Å². The fourth-order valence-corrected chi connectivity index (χ4v) is 2.98. The van der Waals surface area contributed by atoms with Crippen LogP contribution in [0, 0.1) is 0 Å². The van der Waals surface area contributed by atoms with Gasteiger partial charge in [-0.2, -0.15) is 0 Å². The van der Waals surface area contributed by atoms with E-state index >= 15 is 0 Å². The third kappa shape index (κ3) is 2.70. The summed E-state index contributed by atoms with van der Waals surface area (Å²) < 4.78 is 0. The van der Waals surface area contributed by atoms with Gasteiger partial charge >= 0.3 is 0 Å². The zero-order valence-corrected chi connectivity index (χ0v) is 11.0. The standard InChI is InChI=1S/C15H24N2/c1-3-12-8-4-5-9-13(12)15-14(16)10-6-7-11-17(15)2/h4-5,8-9,14-15H,3,6-7,10-11,16H2,1-2H3. The average molecular weight is 232 g/mol. The second-order valence-electron chi connectivity index (χ2n) is 5.14. The Morgan fingerprint density at radius 3 is 2.82 bits per heavy atom. The van der Waals surface area contributed by atoms with Gasteiger partial charge in [0, 0.05) is 12.1 Å². The molecule has 0 bridgehead atoms. The van der Waals surface area contributed by atoms with Crippen LogP contribution in [0.5, 0.6) is 0 Å². The summed E-state index contributed by atoms with van der Waals surface area (Å²) in [5.74, 6) is 0. The van der Waals surface area contributed by atoms with E-state index < -0.39 is 0 Å². The molecule has 2 rings (SSSR count). The predicted octanol–water partition coefficient (Wildman–Crippen LogP) is 2.73. The predicted molar refractivity (Wildman–Crippen MR) is 73.0 cm³/mol. The van der Waals surface area contributed by atoms with Crippen LogP contribution < -0.4 is 5.73 Å². The number of likely N-dealkylation sites (tertiary alicyclic amines) is 1. The molecule has 2 unspecified atom stereocenters. The lowest BCUT2D eigenvalue weighted by atomic mass is 9.92. The number of benzene rings is 1. The van der Waals surface area contributed by atoms with Gasteiger partial charge in [0.05, 0.1) is 0 Å². The Labute approximate surface area is 105 Å². The molecule has 0 spiro atoms. The molecule has 94 valence electrons.